The molecule has 0 unspecified atom stereocenters. The van der Waals surface area contributed by atoms with Crippen LogP contribution in [0.1, 0.15) is 12.8 Å². The summed E-state index contributed by atoms with van der Waals surface area (Å²) in [6, 6.07) is 5.53. The van der Waals surface area contributed by atoms with E-state index in [-0.39, 0.29) is 5.56 Å². The summed E-state index contributed by atoms with van der Waals surface area (Å²) in [5.74, 6) is 0. The molecular weight excluding hydrogens is 282 g/mol. The lowest BCUT2D eigenvalue weighted by Gasteiger charge is -2.06. The summed E-state index contributed by atoms with van der Waals surface area (Å²) in [5.41, 5.74) is 6.17. The molecule has 1 heterocycles. The molecule has 0 saturated heterocycles. The normalized spacial score (nSPS) is 10.9. The number of nitrogens with zero attached hydrogens (tertiary/aromatic N) is 2. The van der Waals surface area contributed by atoms with Crippen molar-refractivity contribution in [1.29, 1.82) is 0 Å². The summed E-state index contributed by atoms with van der Waals surface area (Å²) in [6.07, 6.45) is 3.43. The standard InChI is InChI=1S/C12H14BrN3O/c13-9-3-4-11-10(7-9)12(17)16(8-15-11)6-2-1-5-14/h3-4,7-8H,1-2,5-6,14H2. The third-order valence-corrected chi connectivity index (χ3v) is 3.13. The average molecular weight is 296 g/mol. The van der Waals surface area contributed by atoms with Gasteiger partial charge in [-0.05, 0) is 37.6 Å². The summed E-state index contributed by atoms with van der Waals surface area (Å²) in [4.78, 5) is 16.4. The molecule has 1 aromatic heterocycles. The van der Waals surface area contributed by atoms with Crippen molar-refractivity contribution >= 4 is 26.8 Å². The maximum absolute atomic E-state index is 12.1. The second kappa shape index (κ2) is 5.42. The first-order valence-corrected chi connectivity index (χ1v) is 6.36. The van der Waals surface area contributed by atoms with Gasteiger partial charge in [0.15, 0.2) is 0 Å². The van der Waals surface area contributed by atoms with E-state index < -0.39 is 0 Å². The monoisotopic (exact) mass is 295 g/mol. The second-order valence-electron chi connectivity index (χ2n) is 3.90. The van der Waals surface area contributed by atoms with Crippen molar-refractivity contribution in [1.82, 2.24) is 9.55 Å². The van der Waals surface area contributed by atoms with Crippen LogP contribution in [0.4, 0.5) is 0 Å². The zero-order valence-corrected chi connectivity index (χ0v) is 11.0. The largest absolute Gasteiger partial charge is 0.330 e. The van der Waals surface area contributed by atoms with E-state index in [2.05, 4.69) is 20.9 Å². The van der Waals surface area contributed by atoms with Crippen LogP contribution < -0.4 is 11.3 Å². The van der Waals surface area contributed by atoms with Gasteiger partial charge in [-0.15, -0.1) is 0 Å². The molecule has 2 N–H and O–H groups in total. The number of halogens is 1. The van der Waals surface area contributed by atoms with Crippen LogP contribution in [0.3, 0.4) is 0 Å². The van der Waals surface area contributed by atoms with Crippen molar-refractivity contribution in [3.05, 3.63) is 39.4 Å². The highest BCUT2D eigenvalue weighted by Gasteiger charge is 2.04. The Balaban J connectivity index is 2.39. The topological polar surface area (TPSA) is 60.9 Å². The summed E-state index contributed by atoms with van der Waals surface area (Å²) in [5, 5.41) is 0.648. The third-order valence-electron chi connectivity index (χ3n) is 2.64. The fourth-order valence-electron chi connectivity index (χ4n) is 1.72. The van der Waals surface area contributed by atoms with Crippen molar-refractivity contribution in [3.63, 3.8) is 0 Å². The Bertz CT molecular complexity index is 579. The molecule has 0 fully saturated rings. The molecule has 0 amide bonds. The van der Waals surface area contributed by atoms with E-state index in [1.807, 2.05) is 18.2 Å². The number of benzene rings is 1. The van der Waals surface area contributed by atoms with Crippen LogP contribution in [0.2, 0.25) is 0 Å². The van der Waals surface area contributed by atoms with Crippen molar-refractivity contribution in [3.8, 4) is 0 Å². The lowest BCUT2D eigenvalue weighted by molar-refractivity contribution is 0.594. The number of hydrogen-bond donors (Lipinski definition) is 1. The molecule has 17 heavy (non-hydrogen) atoms. The quantitative estimate of drug-likeness (QED) is 0.877. The Morgan fingerprint density at radius 3 is 2.94 bits per heavy atom. The molecule has 0 radical (unpaired) electrons. The van der Waals surface area contributed by atoms with E-state index in [1.165, 1.54) is 0 Å². The molecule has 2 rings (SSSR count). The molecule has 5 heteroatoms. The predicted octanol–water partition coefficient (Wildman–Crippen LogP) is 1.90. The van der Waals surface area contributed by atoms with Crippen LogP contribution in [0, 0.1) is 0 Å². The maximum Gasteiger partial charge on any atom is 0.261 e. The fraction of sp³-hybridized carbons (Fsp3) is 0.333. The minimum absolute atomic E-state index is 0.00771. The number of fused-ring (bicyclic) bond motifs is 1. The van der Waals surface area contributed by atoms with Gasteiger partial charge in [0, 0.05) is 11.0 Å². The van der Waals surface area contributed by atoms with Gasteiger partial charge in [0.1, 0.15) is 0 Å². The Kier molecular flexibility index (Phi) is 3.91. The molecule has 0 atom stereocenters. The van der Waals surface area contributed by atoms with Crippen molar-refractivity contribution in [2.24, 2.45) is 5.73 Å². The van der Waals surface area contributed by atoms with Gasteiger partial charge in [-0.1, -0.05) is 15.9 Å². The molecule has 2 aromatic rings. The molecule has 1 aromatic carbocycles. The molecule has 4 nitrogen and oxygen atoms in total. The molecule has 0 aliphatic carbocycles. The van der Waals surface area contributed by atoms with Crippen LogP contribution in [0.5, 0.6) is 0 Å². The smallest absolute Gasteiger partial charge is 0.261 e. The van der Waals surface area contributed by atoms with Crippen molar-refractivity contribution in [2.45, 2.75) is 19.4 Å². The molecule has 0 bridgehead atoms. The van der Waals surface area contributed by atoms with Gasteiger partial charge in [-0.2, -0.15) is 0 Å². The Hall–Kier alpha value is -1.20. The number of unbranched alkanes of at least 4 members (excludes halogenated alkanes) is 1. The molecular formula is C12H14BrN3O. The van der Waals surface area contributed by atoms with E-state index in [1.54, 1.807) is 10.9 Å². The van der Waals surface area contributed by atoms with E-state index in [4.69, 9.17) is 5.73 Å². The molecule has 0 saturated carbocycles. The molecule has 0 spiro atoms. The highest BCUT2D eigenvalue weighted by molar-refractivity contribution is 9.10. The Morgan fingerprint density at radius 1 is 1.35 bits per heavy atom. The van der Waals surface area contributed by atoms with Gasteiger partial charge in [0.25, 0.3) is 5.56 Å². The van der Waals surface area contributed by atoms with E-state index in [0.717, 1.165) is 22.8 Å². The fourth-order valence-corrected chi connectivity index (χ4v) is 2.08. The minimum atomic E-state index is 0.00771. The van der Waals surface area contributed by atoms with Gasteiger partial charge in [-0.3, -0.25) is 9.36 Å². The van der Waals surface area contributed by atoms with Gasteiger partial charge in [-0.25, -0.2) is 4.98 Å². The lowest BCUT2D eigenvalue weighted by Crippen LogP contribution is -2.21. The van der Waals surface area contributed by atoms with Gasteiger partial charge in [0.05, 0.1) is 17.2 Å². The van der Waals surface area contributed by atoms with E-state index in [9.17, 15) is 4.79 Å². The SMILES string of the molecule is NCCCCn1cnc2ccc(Br)cc2c1=O. The number of nitrogens with two attached hydrogens (primary N) is 1. The van der Waals surface area contributed by atoms with E-state index in [0.29, 0.717) is 18.5 Å². The summed E-state index contributed by atoms with van der Waals surface area (Å²) >= 11 is 3.36. The van der Waals surface area contributed by atoms with Gasteiger partial charge in [0.2, 0.25) is 0 Å². The summed E-state index contributed by atoms with van der Waals surface area (Å²) in [7, 11) is 0. The lowest BCUT2D eigenvalue weighted by atomic mass is 10.2. The second-order valence-corrected chi connectivity index (χ2v) is 4.82. The molecule has 0 aliphatic heterocycles. The summed E-state index contributed by atoms with van der Waals surface area (Å²) in [6.45, 7) is 1.33. The van der Waals surface area contributed by atoms with Gasteiger partial charge >= 0.3 is 0 Å². The molecule has 0 aliphatic rings. The van der Waals surface area contributed by atoms with Crippen molar-refractivity contribution < 1.29 is 0 Å². The zero-order chi connectivity index (χ0) is 12.3. The van der Waals surface area contributed by atoms with Gasteiger partial charge < -0.3 is 5.73 Å². The summed E-state index contributed by atoms with van der Waals surface area (Å²) < 4.78 is 2.54. The van der Waals surface area contributed by atoms with E-state index >= 15 is 0 Å². The third kappa shape index (κ3) is 2.73. The Morgan fingerprint density at radius 2 is 2.18 bits per heavy atom. The van der Waals surface area contributed by atoms with Crippen LogP contribution in [-0.4, -0.2) is 16.1 Å². The first kappa shape index (κ1) is 12.3. The minimum Gasteiger partial charge on any atom is -0.330 e. The number of hydrogen-bond acceptors (Lipinski definition) is 3. The number of aromatic nitrogens is 2. The first-order valence-electron chi connectivity index (χ1n) is 5.57. The van der Waals surface area contributed by atoms with Crippen LogP contribution in [-0.2, 0) is 6.54 Å². The van der Waals surface area contributed by atoms with Crippen LogP contribution >= 0.6 is 15.9 Å². The Labute approximate surface area is 108 Å². The van der Waals surface area contributed by atoms with Crippen LogP contribution in [0.25, 0.3) is 10.9 Å². The predicted molar refractivity (Wildman–Crippen MR) is 72.0 cm³/mol. The number of aryl methyl sites for hydroxylation is 1. The zero-order valence-electron chi connectivity index (χ0n) is 9.40. The highest BCUT2D eigenvalue weighted by Crippen LogP contribution is 2.14. The number of rotatable bonds is 4. The average Bonchev–Trinajstić information content (AvgIpc) is 2.33. The highest BCUT2D eigenvalue weighted by atomic mass is 79.9. The van der Waals surface area contributed by atoms with Crippen LogP contribution in [0.15, 0.2) is 33.8 Å². The molecule has 90 valence electrons. The maximum atomic E-state index is 12.1. The van der Waals surface area contributed by atoms with Crippen molar-refractivity contribution in [2.75, 3.05) is 6.54 Å². The first-order chi connectivity index (χ1) is 8.22.